The summed E-state index contributed by atoms with van der Waals surface area (Å²) in [7, 11) is 0. The van der Waals surface area contributed by atoms with Gasteiger partial charge in [-0.3, -0.25) is 0 Å². The predicted octanol–water partition coefficient (Wildman–Crippen LogP) is 3.09. The van der Waals surface area contributed by atoms with Crippen molar-refractivity contribution in [1.29, 1.82) is 0 Å². The molecule has 70 valence electrons. The highest BCUT2D eigenvalue weighted by molar-refractivity contribution is 9.10. The lowest BCUT2D eigenvalue weighted by atomic mass is 9.97. The minimum absolute atomic E-state index is 0.645. The van der Waals surface area contributed by atoms with E-state index in [1.807, 2.05) is 6.07 Å². The molecule has 0 amide bonds. The van der Waals surface area contributed by atoms with Gasteiger partial charge in [-0.15, -0.1) is 0 Å². The van der Waals surface area contributed by atoms with Crippen LogP contribution < -0.4 is 0 Å². The average Bonchev–Trinajstić information content (AvgIpc) is 2.04. The first-order chi connectivity index (χ1) is 6.15. The summed E-state index contributed by atoms with van der Waals surface area (Å²) in [5.41, 5.74) is 0.708. The average molecular weight is 245 g/mol. The van der Waals surface area contributed by atoms with E-state index in [9.17, 15) is 9.18 Å². The third-order valence-corrected chi connectivity index (χ3v) is 2.37. The first-order valence-corrected chi connectivity index (χ1v) is 4.79. The predicted molar refractivity (Wildman–Crippen MR) is 53.5 cm³/mol. The molecule has 0 heterocycles. The van der Waals surface area contributed by atoms with Gasteiger partial charge in [0.15, 0.2) is 0 Å². The first kappa shape index (κ1) is 10.4. The van der Waals surface area contributed by atoms with Gasteiger partial charge in [-0.25, -0.2) is 4.39 Å². The second kappa shape index (κ2) is 4.51. The summed E-state index contributed by atoms with van der Waals surface area (Å²) >= 11 is 3.27. The Morgan fingerprint density at radius 1 is 1.54 bits per heavy atom. The Labute approximate surface area is 85.1 Å². The van der Waals surface area contributed by atoms with Crippen molar-refractivity contribution in [2.75, 3.05) is 0 Å². The molecule has 1 rings (SSSR count). The van der Waals surface area contributed by atoms with Crippen molar-refractivity contribution in [2.24, 2.45) is 0 Å². The number of rotatable bonds is 3. The highest BCUT2D eigenvalue weighted by Gasteiger charge is 2.17. The van der Waals surface area contributed by atoms with E-state index in [2.05, 4.69) is 15.9 Å². The van der Waals surface area contributed by atoms with Gasteiger partial charge in [0, 0.05) is 4.47 Å². The molecule has 0 N–H and O–H groups in total. The molecule has 0 fully saturated rings. The van der Waals surface area contributed by atoms with E-state index in [4.69, 9.17) is 0 Å². The third-order valence-electron chi connectivity index (χ3n) is 1.88. The fourth-order valence-electron chi connectivity index (χ4n) is 1.17. The van der Waals surface area contributed by atoms with E-state index >= 15 is 0 Å². The van der Waals surface area contributed by atoms with E-state index in [1.54, 1.807) is 18.2 Å². The largest absolute Gasteiger partial charge is 0.303 e. The number of carbonyl (C=O) groups excluding carboxylic acids is 1. The Bertz CT molecular complexity index is 299. The molecule has 1 nitrogen and oxygen atoms in total. The van der Waals surface area contributed by atoms with Crippen molar-refractivity contribution in [1.82, 2.24) is 0 Å². The van der Waals surface area contributed by atoms with Gasteiger partial charge in [0.05, 0.1) is 5.92 Å². The highest BCUT2D eigenvalue weighted by Crippen LogP contribution is 2.22. The Balaban J connectivity index is 2.98. The second-order valence-electron chi connectivity index (χ2n) is 2.89. The monoisotopic (exact) mass is 244 g/mol. The number of hydrogen-bond acceptors (Lipinski definition) is 1. The van der Waals surface area contributed by atoms with E-state index < -0.39 is 12.1 Å². The van der Waals surface area contributed by atoms with Gasteiger partial charge in [0.2, 0.25) is 0 Å². The lowest BCUT2D eigenvalue weighted by Crippen LogP contribution is -2.11. The van der Waals surface area contributed by atoms with E-state index in [0.29, 0.717) is 11.8 Å². The Morgan fingerprint density at radius 2 is 2.23 bits per heavy atom. The van der Waals surface area contributed by atoms with Gasteiger partial charge in [0.25, 0.3) is 0 Å². The van der Waals surface area contributed by atoms with Crippen LogP contribution in [-0.2, 0) is 4.79 Å². The molecule has 0 aliphatic rings. The van der Waals surface area contributed by atoms with Gasteiger partial charge < -0.3 is 4.79 Å². The molecule has 2 atom stereocenters. The molecular weight excluding hydrogens is 235 g/mol. The van der Waals surface area contributed by atoms with Crippen LogP contribution in [0, 0.1) is 0 Å². The molecule has 3 heteroatoms. The molecule has 13 heavy (non-hydrogen) atoms. The van der Waals surface area contributed by atoms with E-state index in [0.717, 1.165) is 4.47 Å². The molecule has 0 saturated carbocycles. The maximum absolute atomic E-state index is 12.9. The van der Waals surface area contributed by atoms with Gasteiger partial charge in [0.1, 0.15) is 12.5 Å². The molecule has 0 aliphatic carbocycles. The van der Waals surface area contributed by atoms with Crippen LogP contribution >= 0.6 is 15.9 Å². The summed E-state index contributed by atoms with van der Waals surface area (Å²) < 4.78 is 13.8. The molecule has 0 spiro atoms. The van der Waals surface area contributed by atoms with Crippen LogP contribution in [0.4, 0.5) is 4.39 Å². The number of aldehydes is 1. The van der Waals surface area contributed by atoms with Crippen LogP contribution in [0.15, 0.2) is 28.7 Å². The molecule has 0 aromatic heterocycles. The molecule has 0 radical (unpaired) electrons. The molecule has 0 bridgehead atoms. The minimum Gasteiger partial charge on any atom is -0.303 e. The summed E-state index contributed by atoms with van der Waals surface area (Å²) in [6, 6.07) is 7.14. The first-order valence-electron chi connectivity index (χ1n) is 4.00. The summed E-state index contributed by atoms with van der Waals surface area (Å²) in [4.78, 5) is 10.6. The second-order valence-corrected chi connectivity index (χ2v) is 3.81. The third kappa shape index (κ3) is 2.62. The zero-order valence-electron chi connectivity index (χ0n) is 7.21. The maximum atomic E-state index is 12.9. The van der Waals surface area contributed by atoms with Gasteiger partial charge >= 0.3 is 0 Å². The summed E-state index contributed by atoms with van der Waals surface area (Å²) in [5.74, 6) is -0.655. The fraction of sp³-hybridized carbons (Fsp3) is 0.300. The molecule has 0 aliphatic heterocycles. The molecular formula is C10H10BrFO. The Morgan fingerprint density at radius 3 is 2.69 bits per heavy atom. The van der Waals surface area contributed by atoms with Crippen LogP contribution in [0.2, 0.25) is 0 Å². The number of carbonyl (C=O) groups is 1. The van der Waals surface area contributed by atoms with Crippen LogP contribution in [0.25, 0.3) is 0 Å². The fourth-order valence-corrected chi connectivity index (χ4v) is 1.58. The smallest absolute Gasteiger partial charge is 0.130 e. The molecule has 1 aromatic rings. The summed E-state index contributed by atoms with van der Waals surface area (Å²) in [6.45, 7) is 1.39. The maximum Gasteiger partial charge on any atom is 0.130 e. The van der Waals surface area contributed by atoms with Crippen molar-refractivity contribution in [3.8, 4) is 0 Å². The quantitative estimate of drug-likeness (QED) is 0.748. The lowest BCUT2D eigenvalue weighted by Gasteiger charge is -2.11. The molecule has 0 saturated heterocycles. The minimum atomic E-state index is -1.15. The Hall–Kier alpha value is -0.700. The SMILES string of the molecule is CC(F)C(C=O)c1cccc(Br)c1. The topological polar surface area (TPSA) is 17.1 Å². The van der Waals surface area contributed by atoms with Crippen LogP contribution in [0.5, 0.6) is 0 Å². The molecule has 2 unspecified atom stereocenters. The van der Waals surface area contributed by atoms with Crippen molar-refractivity contribution in [3.63, 3.8) is 0 Å². The highest BCUT2D eigenvalue weighted by atomic mass is 79.9. The van der Waals surface area contributed by atoms with Crippen molar-refractivity contribution in [3.05, 3.63) is 34.3 Å². The lowest BCUT2D eigenvalue weighted by molar-refractivity contribution is -0.110. The number of benzene rings is 1. The number of hydrogen-bond donors (Lipinski definition) is 0. The number of halogens is 2. The van der Waals surface area contributed by atoms with Crippen molar-refractivity contribution >= 4 is 22.2 Å². The van der Waals surface area contributed by atoms with Crippen LogP contribution in [-0.4, -0.2) is 12.5 Å². The zero-order valence-corrected chi connectivity index (χ0v) is 8.79. The van der Waals surface area contributed by atoms with Crippen LogP contribution in [0.1, 0.15) is 18.4 Å². The van der Waals surface area contributed by atoms with Crippen molar-refractivity contribution < 1.29 is 9.18 Å². The molecule has 1 aromatic carbocycles. The summed E-state index contributed by atoms with van der Waals surface area (Å²) in [6.07, 6.45) is -0.501. The summed E-state index contributed by atoms with van der Waals surface area (Å²) in [5, 5.41) is 0. The van der Waals surface area contributed by atoms with Gasteiger partial charge in [-0.1, -0.05) is 28.1 Å². The normalized spacial score (nSPS) is 15.0. The van der Waals surface area contributed by atoms with E-state index in [1.165, 1.54) is 6.92 Å². The Kier molecular flexibility index (Phi) is 3.60. The van der Waals surface area contributed by atoms with Gasteiger partial charge in [-0.05, 0) is 24.6 Å². The zero-order chi connectivity index (χ0) is 9.84. The number of alkyl halides is 1. The van der Waals surface area contributed by atoms with Crippen molar-refractivity contribution in [2.45, 2.75) is 19.0 Å². The van der Waals surface area contributed by atoms with E-state index in [-0.39, 0.29) is 0 Å². The van der Waals surface area contributed by atoms with Crippen LogP contribution in [0.3, 0.4) is 0 Å². The van der Waals surface area contributed by atoms with Gasteiger partial charge in [-0.2, -0.15) is 0 Å². The standard InChI is InChI=1S/C10H10BrFO/c1-7(12)10(6-13)8-3-2-4-9(11)5-8/h2-7,10H,1H3.